The van der Waals surface area contributed by atoms with Gasteiger partial charge in [0, 0.05) is 29.5 Å². The molecule has 8 heteroatoms. The monoisotopic (exact) mass is 424 g/mol. The molecule has 1 amide bonds. The molecule has 1 aliphatic heterocycles. The highest BCUT2D eigenvalue weighted by atomic mass is 79.9. The summed E-state index contributed by atoms with van der Waals surface area (Å²) in [7, 11) is -2.22. The summed E-state index contributed by atoms with van der Waals surface area (Å²) in [5.41, 5.74) is 2.19. The molecule has 25 heavy (non-hydrogen) atoms. The Labute approximate surface area is 155 Å². The molecule has 0 aromatic heterocycles. The first-order valence-corrected chi connectivity index (χ1v) is 9.89. The second kappa shape index (κ2) is 7.15. The predicted octanol–water partition coefficient (Wildman–Crippen LogP) is 2.79. The molecule has 0 spiro atoms. The predicted molar refractivity (Wildman–Crippen MR) is 99.3 cm³/mol. The fourth-order valence-corrected chi connectivity index (χ4v) is 4.85. The Kier molecular flexibility index (Phi) is 5.12. The average molecular weight is 425 g/mol. The Bertz CT molecular complexity index is 915. The van der Waals surface area contributed by atoms with Crippen molar-refractivity contribution in [1.29, 1.82) is 0 Å². The number of ether oxygens (including phenoxy) is 1. The van der Waals surface area contributed by atoms with E-state index < -0.39 is 10.0 Å². The summed E-state index contributed by atoms with van der Waals surface area (Å²) >= 11 is 3.26. The number of methoxy groups -OCH3 is 1. The lowest BCUT2D eigenvalue weighted by Crippen LogP contribution is -2.31. The molecule has 6 nitrogen and oxygen atoms in total. The van der Waals surface area contributed by atoms with Crippen molar-refractivity contribution >= 4 is 43.2 Å². The van der Waals surface area contributed by atoms with E-state index in [4.69, 9.17) is 4.74 Å². The number of rotatable bonds is 5. The molecule has 0 unspecified atom stereocenters. The molecule has 1 N–H and O–H groups in total. The van der Waals surface area contributed by atoms with Crippen LogP contribution in [0.15, 0.2) is 51.8 Å². The van der Waals surface area contributed by atoms with Crippen LogP contribution in [-0.4, -0.2) is 34.6 Å². The summed E-state index contributed by atoms with van der Waals surface area (Å²) in [5.74, 6) is -0.109. The van der Waals surface area contributed by atoms with Crippen molar-refractivity contribution in [3.8, 4) is 0 Å². The van der Waals surface area contributed by atoms with E-state index in [1.54, 1.807) is 41.3 Å². The first-order valence-electron chi connectivity index (χ1n) is 7.62. The van der Waals surface area contributed by atoms with E-state index in [0.29, 0.717) is 23.1 Å². The standard InChI is InChI=1S/C17H17BrN2O4S/c1-24-11-17(21)20-9-8-12-10-13(6-7-15(12)20)19-25(22,23)16-5-3-2-4-14(16)18/h2-7,10,19H,8-9,11H2,1H3. The van der Waals surface area contributed by atoms with Crippen LogP contribution in [-0.2, 0) is 26.0 Å². The van der Waals surface area contributed by atoms with Gasteiger partial charge in [0.1, 0.15) is 11.5 Å². The number of nitrogens with one attached hydrogen (secondary N) is 1. The van der Waals surface area contributed by atoms with Gasteiger partial charge in [-0.2, -0.15) is 0 Å². The van der Waals surface area contributed by atoms with Crippen molar-refractivity contribution in [2.24, 2.45) is 0 Å². The van der Waals surface area contributed by atoms with E-state index >= 15 is 0 Å². The van der Waals surface area contributed by atoms with Crippen molar-refractivity contribution in [1.82, 2.24) is 0 Å². The highest BCUT2D eigenvalue weighted by molar-refractivity contribution is 9.10. The van der Waals surface area contributed by atoms with Gasteiger partial charge in [-0.05, 0) is 58.2 Å². The third-order valence-electron chi connectivity index (χ3n) is 3.92. The highest BCUT2D eigenvalue weighted by Gasteiger charge is 2.25. The lowest BCUT2D eigenvalue weighted by Gasteiger charge is -2.17. The second-order valence-corrected chi connectivity index (χ2v) is 8.11. The molecule has 1 aliphatic rings. The Balaban J connectivity index is 1.84. The molecule has 0 bridgehead atoms. The fourth-order valence-electron chi connectivity index (χ4n) is 2.80. The quantitative estimate of drug-likeness (QED) is 0.800. The number of nitrogens with zero attached hydrogens (tertiary/aromatic N) is 1. The number of anilines is 2. The Hall–Kier alpha value is -1.90. The topological polar surface area (TPSA) is 75.7 Å². The van der Waals surface area contributed by atoms with E-state index in [9.17, 15) is 13.2 Å². The first kappa shape index (κ1) is 17.9. The van der Waals surface area contributed by atoms with Crippen LogP contribution in [0.25, 0.3) is 0 Å². The van der Waals surface area contributed by atoms with Crippen molar-refractivity contribution in [3.05, 3.63) is 52.5 Å². The Morgan fingerprint density at radius 1 is 1.28 bits per heavy atom. The lowest BCUT2D eigenvalue weighted by molar-refractivity contribution is -0.122. The zero-order valence-corrected chi connectivity index (χ0v) is 15.9. The molecular weight excluding hydrogens is 408 g/mol. The van der Waals surface area contributed by atoms with Crippen LogP contribution >= 0.6 is 15.9 Å². The first-order chi connectivity index (χ1) is 11.9. The van der Waals surface area contributed by atoms with E-state index in [1.807, 2.05) is 0 Å². The van der Waals surface area contributed by atoms with Gasteiger partial charge in [0.15, 0.2) is 0 Å². The van der Waals surface area contributed by atoms with Gasteiger partial charge in [-0.25, -0.2) is 8.42 Å². The van der Waals surface area contributed by atoms with E-state index in [0.717, 1.165) is 11.3 Å². The summed E-state index contributed by atoms with van der Waals surface area (Å²) in [6.07, 6.45) is 0.676. The van der Waals surface area contributed by atoms with Gasteiger partial charge in [-0.3, -0.25) is 9.52 Å². The molecule has 0 saturated heterocycles. The number of sulfonamides is 1. The molecule has 0 fully saturated rings. The molecule has 0 aliphatic carbocycles. The lowest BCUT2D eigenvalue weighted by atomic mass is 10.1. The maximum absolute atomic E-state index is 12.6. The van der Waals surface area contributed by atoms with Crippen LogP contribution in [0.2, 0.25) is 0 Å². The number of halogens is 1. The largest absolute Gasteiger partial charge is 0.375 e. The van der Waals surface area contributed by atoms with Gasteiger partial charge in [-0.1, -0.05) is 12.1 Å². The summed E-state index contributed by atoms with van der Waals surface area (Å²) in [6, 6.07) is 11.8. The van der Waals surface area contributed by atoms with Gasteiger partial charge in [0.05, 0.1) is 0 Å². The molecular formula is C17H17BrN2O4S. The third kappa shape index (κ3) is 3.70. The number of fused-ring (bicyclic) bond motifs is 1. The van der Waals surface area contributed by atoms with Crippen LogP contribution in [0, 0.1) is 0 Å². The molecule has 132 valence electrons. The average Bonchev–Trinajstić information content (AvgIpc) is 2.98. The minimum absolute atomic E-state index is 0.0237. The normalized spacial score (nSPS) is 13.6. The molecule has 0 atom stereocenters. The van der Waals surface area contributed by atoms with Crippen molar-refractivity contribution < 1.29 is 17.9 Å². The van der Waals surface area contributed by atoms with Gasteiger partial charge in [-0.15, -0.1) is 0 Å². The van der Waals surface area contributed by atoms with Crippen LogP contribution in [0.3, 0.4) is 0 Å². The summed E-state index contributed by atoms with van der Waals surface area (Å²) in [4.78, 5) is 13.9. The van der Waals surface area contributed by atoms with Crippen LogP contribution in [0.5, 0.6) is 0 Å². The molecule has 1 heterocycles. The maximum Gasteiger partial charge on any atom is 0.263 e. The van der Waals surface area contributed by atoms with Crippen LogP contribution < -0.4 is 9.62 Å². The summed E-state index contributed by atoms with van der Waals surface area (Å²) < 4.78 is 33.1. The zero-order valence-electron chi connectivity index (χ0n) is 13.5. The molecule has 2 aromatic carbocycles. The summed E-state index contributed by atoms with van der Waals surface area (Å²) in [6.45, 7) is 0.591. The smallest absolute Gasteiger partial charge is 0.263 e. The van der Waals surface area contributed by atoms with Gasteiger partial charge < -0.3 is 9.64 Å². The number of hydrogen-bond donors (Lipinski definition) is 1. The molecule has 3 rings (SSSR count). The van der Waals surface area contributed by atoms with E-state index in [1.165, 1.54) is 13.2 Å². The Morgan fingerprint density at radius 3 is 2.76 bits per heavy atom. The van der Waals surface area contributed by atoms with Gasteiger partial charge in [0.25, 0.3) is 15.9 Å². The number of carbonyl (C=O) groups excluding carboxylic acids is 1. The Morgan fingerprint density at radius 2 is 2.04 bits per heavy atom. The third-order valence-corrected chi connectivity index (χ3v) is 6.32. The van der Waals surface area contributed by atoms with E-state index in [-0.39, 0.29) is 17.4 Å². The van der Waals surface area contributed by atoms with Gasteiger partial charge in [0.2, 0.25) is 0 Å². The number of benzene rings is 2. The fraction of sp³-hybridized carbons (Fsp3) is 0.235. The summed E-state index contributed by atoms with van der Waals surface area (Å²) in [5, 5.41) is 0. The number of hydrogen-bond acceptors (Lipinski definition) is 4. The van der Waals surface area contributed by atoms with Crippen LogP contribution in [0.4, 0.5) is 11.4 Å². The maximum atomic E-state index is 12.6. The SMILES string of the molecule is COCC(=O)N1CCc2cc(NS(=O)(=O)c3ccccc3Br)ccc21. The minimum atomic E-state index is -3.70. The molecule has 2 aromatic rings. The zero-order chi connectivity index (χ0) is 18.0. The van der Waals surface area contributed by atoms with Crippen molar-refractivity contribution in [2.45, 2.75) is 11.3 Å². The van der Waals surface area contributed by atoms with Crippen molar-refractivity contribution in [3.63, 3.8) is 0 Å². The molecule has 0 saturated carbocycles. The van der Waals surface area contributed by atoms with Crippen molar-refractivity contribution in [2.75, 3.05) is 29.9 Å². The minimum Gasteiger partial charge on any atom is -0.375 e. The van der Waals surface area contributed by atoms with E-state index in [2.05, 4.69) is 20.7 Å². The second-order valence-electron chi connectivity index (χ2n) is 5.61. The van der Waals surface area contributed by atoms with Crippen LogP contribution in [0.1, 0.15) is 5.56 Å². The number of carbonyl (C=O) groups is 1. The highest BCUT2D eigenvalue weighted by Crippen LogP contribution is 2.32. The molecule has 0 radical (unpaired) electrons. The number of amides is 1. The van der Waals surface area contributed by atoms with Gasteiger partial charge >= 0.3 is 0 Å².